The van der Waals surface area contributed by atoms with E-state index in [1.807, 2.05) is 0 Å². The van der Waals surface area contributed by atoms with Crippen molar-refractivity contribution < 1.29 is 204 Å². The molecule has 55 heteroatoms. The van der Waals surface area contributed by atoms with Gasteiger partial charge in [-0.25, -0.2) is 43.2 Å². The van der Waals surface area contributed by atoms with Crippen molar-refractivity contribution in [3.05, 3.63) is 274 Å². The Bertz CT molecular complexity index is 6400. The molecule has 0 saturated heterocycles. The van der Waals surface area contributed by atoms with Crippen molar-refractivity contribution in [2.24, 2.45) is 0 Å². The highest BCUT2D eigenvalue weighted by Crippen LogP contribution is 2.33. The first-order valence-electron chi connectivity index (χ1n) is 39.6. The molecule has 0 N–H and O–H groups in total. The Morgan fingerprint density at radius 1 is 0.191 bits per heavy atom. The van der Waals surface area contributed by atoms with Crippen molar-refractivity contribution in [1.29, 1.82) is 0 Å². The zero-order valence-corrected chi connectivity index (χ0v) is 83.2. The summed E-state index contributed by atoms with van der Waals surface area (Å²) in [7, 11) is -41.5. The predicted octanol–water partition coefficient (Wildman–Crippen LogP) is 9.32. The number of fused-ring (bicyclic) bond motifs is 1. The number of ether oxygens (including phenoxy) is 10. The Labute approximate surface area is 811 Å². The molecule has 0 aliphatic heterocycles. The Hall–Kier alpha value is -14.8. The maximum atomic E-state index is 12.8. The van der Waals surface area contributed by atoms with Crippen molar-refractivity contribution >= 4 is 156 Å². The number of rotatable bonds is 49. The van der Waals surface area contributed by atoms with Gasteiger partial charge in [-0.2, -0.15) is 75.8 Å². The standard InChI is InChI=1S/C23H24O10S2.C22H22O11S2.C21H24O15S3.C20H20O10S2/c1-5-30-22(24)16(3)32-34(26,27)20-11-7-18(8-12-20)15-19-9-13-21(14-10-19)35(28,29)33-17(4)23(25)31-6-2;1-5-29-21(23)15(3)32-34(25,26)19-11-7-17(8-12-19)31-18-9-13-20(14-10-18)35(27,28)33-16(4)22(24)30-6-2;1-7-31-19(22)13(4)34-37(25,26)16-10-17(38(27,28)35-14(5)20(23)32-8-2)12-18(11-16)39(29,30)36-15(6)21(24)33-9-3;1-5-27-19(21)13(3)29-31(23,24)17-9-7-16-12-18(10-8-15(16)11-17)32(25,26)30-14(4)20(22)28-6-2/h7-14H,3-6,15H2,1-2H3;7-14H,3-6H2,1-2H3;10-12H,4-9H2,1-3H3;7-12H,3-6H2,1-2H3. The van der Waals surface area contributed by atoms with Gasteiger partial charge in [0, 0.05) is 0 Å². The maximum Gasteiger partial charge on any atom is 0.374 e. The van der Waals surface area contributed by atoms with E-state index in [0.29, 0.717) is 35.4 Å². The molecule has 7 aromatic carbocycles. The largest absolute Gasteiger partial charge is 0.460 e. The molecule has 0 aliphatic rings. The van der Waals surface area contributed by atoms with Crippen LogP contribution in [0.5, 0.6) is 11.5 Å². The molecule has 0 saturated carbocycles. The van der Waals surface area contributed by atoms with Crippen LogP contribution in [0.1, 0.15) is 73.4 Å². The zero-order valence-electron chi connectivity index (χ0n) is 75.8. The summed E-state index contributed by atoms with van der Waals surface area (Å²) < 4.78 is 313. The summed E-state index contributed by atoms with van der Waals surface area (Å²) in [5.74, 6) is -16.6. The van der Waals surface area contributed by atoms with E-state index >= 15 is 0 Å². The van der Waals surface area contributed by atoms with Crippen LogP contribution in [0.4, 0.5) is 0 Å². The topological polar surface area (TPSA) is 636 Å². The summed E-state index contributed by atoms with van der Waals surface area (Å²) in [5, 5.41) is 0.694. The third-order valence-corrected chi connectivity index (χ3v) is 27.1. The second-order valence-corrected chi connectivity index (χ2v) is 39.9. The lowest BCUT2D eigenvalue weighted by Crippen LogP contribution is -2.18. The number of benzene rings is 7. The van der Waals surface area contributed by atoms with Crippen LogP contribution in [0.25, 0.3) is 10.8 Å². The monoisotopic (exact) mass is 2150 g/mol. The molecule has 0 aromatic heterocycles. The fraction of sp³-hybridized carbons (Fsp3) is 0.221. The van der Waals surface area contributed by atoms with Gasteiger partial charge in [-0.15, -0.1) is 0 Å². The van der Waals surface area contributed by atoms with Gasteiger partial charge in [-0.1, -0.05) is 36.4 Å². The van der Waals surface area contributed by atoms with E-state index in [-0.39, 0.29) is 100 Å². The molecule has 0 aliphatic carbocycles. The summed E-state index contributed by atoms with van der Waals surface area (Å²) in [6.07, 6.45) is 0.355. The SMILES string of the molecule is C=C(OS(=O)(=O)c1cc(S(=O)(=O)OC(=C)C(=O)OCC)cc(S(=O)(=O)OC(=C)C(=O)OCC)c1)C(=O)OCC.C=C(OS(=O)(=O)c1ccc(Cc2ccc(S(=O)(=O)OC(=C)C(=O)OCC)cc2)cc1)C(=O)OCC.C=C(OS(=O)(=O)c1ccc(Oc2ccc(S(=O)(=O)OC(=C)C(=O)OCC)cc2)cc1)C(=O)OCC.C=C(OS(=O)(=O)c1ccc2cc(S(=O)(=O)OC(=C)C(=O)OCC)ccc2c1)C(=O)OCC. The van der Waals surface area contributed by atoms with Crippen LogP contribution in [0.2, 0.25) is 0 Å². The first kappa shape index (κ1) is 119. The predicted molar refractivity (Wildman–Crippen MR) is 485 cm³/mol. The molecule has 0 spiro atoms. The van der Waals surface area contributed by atoms with E-state index < -0.39 is 211 Å². The minimum atomic E-state index is -5.16. The van der Waals surface area contributed by atoms with Crippen molar-refractivity contribution in [3.8, 4) is 11.5 Å². The van der Waals surface area contributed by atoms with E-state index in [9.17, 15) is 119 Å². The highest BCUT2D eigenvalue weighted by molar-refractivity contribution is 7.89. The average molecular weight is 2150 g/mol. The van der Waals surface area contributed by atoms with Crippen molar-refractivity contribution in [3.63, 3.8) is 0 Å². The minimum Gasteiger partial charge on any atom is -0.460 e. The normalized spacial score (nSPS) is 11.3. The lowest BCUT2D eigenvalue weighted by Gasteiger charge is -2.14. The lowest BCUT2D eigenvalue weighted by molar-refractivity contribution is -0.141. The van der Waals surface area contributed by atoms with E-state index in [1.54, 1.807) is 52.0 Å². The van der Waals surface area contributed by atoms with Crippen LogP contribution in [-0.2, 0) is 221 Å². The Morgan fingerprint density at radius 3 is 0.496 bits per heavy atom. The summed E-state index contributed by atoms with van der Waals surface area (Å²) in [6.45, 7) is 41.8. The summed E-state index contributed by atoms with van der Waals surface area (Å²) in [5.41, 5.74) is 1.44. The Balaban J connectivity index is 0.000000393. The van der Waals surface area contributed by atoms with Gasteiger partial charge in [-0.05, 0) is 265 Å². The molecule has 0 atom stereocenters. The van der Waals surface area contributed by atoms with Crippen molar-refractivity contribution in [2.45, 2.75) is 113 Å². The summed E-state index contributed by atoms with van der Waals surface area (Å²) in [4.78, 5) is 99.3. The van der Waals surface area contributed by atoms with E-state index in [4.69, 9.17) is 13.1 Å². The van der Waals surface area contributed by atoms with E-state index in [2.05, 4.69) is 131 Å². The number of esters is 9. The zero-order chi connectivity index (χ0) is 107. The molecule has 7 aromatic rings. The average Bonchev–Trinajstić information content (AvgIpc) is 0.766. The molecule has 0 heterocycles. The molecule has 0 radical (unpaired) electrons. The lowest BCUT2D eigenvalue weighted by atomic mass is 10.1. The first-order valence-corrected chi connectivity index (χ1v) is 52.3. The molecule has 46 nitrogen and oxygen atoms in total. The molecule has 0 amide bonds. The molecule has 764 valence electrons. The molecule has 7 rings (SSSR count). The van der Waals surface area contributed by atoms with Crippen molar-refractivity contribution in [2.75, 3.05) is 59.5 Å². The van der Waals surface area contributed by atoms with Crippen LogP contribution in [0.15, 0.2) is 307 Å². The quantitative estimate of drug-likeness (QED) is 0.0113. The molecular weight excluding hydrogens is 2060 g/mol. The molecule has 0 fully saturated rings. The second kappa shape index (κ2) is 52.3. The van der Waals surface area contributed by atoms with Crippen molar-refractivity contribution in [1.82, 2.24) is 0 Å². The number of carbonyl (C=O) groups excluding carboxylic acids is 9. The van der Waals surface area contributed by atoms with Gasteiger partial charge in [0.05, 0.1) is 59.5 Å². The van der Waals surface area contributed by atoms with Crippen LogP contribution >= 0.6 is 0 Å². The van der Waals surface area contributed by atoms with Gasteiger partial charge >= 0.3 is 145 Å². The number of hydrogen-bond acceptors (Lipinski definition) is 46. The summed E-state index contributed by atoms with van der Waals surface area (Å²) in [6, 6.07) is 29.9. The van der Waals surface area contributed by atoms with Gasteiger partial charge in [0.1, 0.15) is 55.6 Å². The van der Waals surface area contributed by atoms with Gasteiger partial charge in [0.15, 0.2) is 0 Å². The Morgan fingerprint density at radius 2 is 0.333 bits per heavy atom. The fourth-order valence-corrected chi connectivity index (χ4v) is 18.2. The van der Waals surface area contributed by atoms with Crippen LogP contribution in [0, 0.1) is 0 Å². The molecule has 0 bridgehead atoms. The Kier molecular flexibility index (Phi) is 44.0. The first-order chi connectivity index (χ1) is 65.6. The van der Waals surface area contributed by atoms with Gasteiger partial charge in [0.25, 0.3) is 0 Å². The van der Waals surface area contributed by atoms with Gasteiger partial charge in [0.2, 0.25) is 51.8 Å². The number of carbonyl (C=O) groups is 9. The second-order valence-electron chi connectivity index (χ2n) is 26.0. The van der Waals surface area contributed by atoms with Crippen LogP contribution < -0.4 is 4.74 Å². The van der Waals surface area contributed by atoms with Gasteiger partial charge in [-0.3, -0.25) is 0 Å². The maximum absolute atomic E-state index is 12.8. The van der Waals surface area contributed by atoms with Crippen LogP contribution in [-0.4, -0.2) is 189 Å². The third-order valence-electron chi connectivity index (χ3n) is 15.8. The molecule has 0 unspecified atom stereocenters. The third kappa shape index (κ3) is 36.2. The number of hydrogen-bond donors (Lipinski definition) is 0. The fourth-order valence-electron chi connectivity index (χ4n) is 9.60. The minimum absolute atomic E-state index is 0.0132. The highest BCUT2D eigenvalue weighted by Gasteiger charge is 2.35. The smallest absolute Gasteiger partial charge is 0.374 e. The van der Waals surface area contributed by atoms with E-state index in [0.717, 1.165) is 23.3 Å². The highest BCUT2D eigenvalue weighted by atomic mass is 32.3. The molecule has 141 heavy (non-hydrogen) atoms. The van der Waals surface area contributed by atoms with E-state index in [1.165, 1.54) is 132 Å². The van der Waals surface area contributed by atoms with Crippen LogP contribution in [0.3, 0.4) is 0 Å². The summed E-state index contributed by atoms with van der Waals surface area (Å²) >= 11 is 0. The van der Waals surface area contributed by atoms with Gasteiger partial charge < -0.3 is 85.0 Å². The molecular formula is C86H90O46S9.